The Balaban J connectivity index is 2.10. The van der Waals surface area contributed by atoms with Gasteiger partial charge in [0.05, 0.1) is 17.7 Å². The van der Waals surface area contributed by atoms with Gasteiger partial charge in [0.1, 0.15) is 5.75 Å². The molecule has 0 saturated carbocycles. The minimum Gasteiger partial charge on any atom is -0.495 e. The van der Waals surface area contributed by atoms with Gasteiger partial charge in [-0.1, -0.05) is 24.3 Å². The van der Waals surface area contributed by atoms with Gasteiger partial charge in [-0.05, 0) is 25.1 Å². The minimum atomic E-state index is -0.916. The zero-order valence-electron chi connectivity index (χ0n) is 12.7. The molecular formula is C16H16N2O5. The Morgan fingerprint density at radius 3 is 2.39 bits per heavy atom. The van der Waals surface area contributed by atoms with Gasteiger partial charge < -0.3 is 14.8 Å². The van der Waals surface area contributed by atoms with Crippen LogP contribution in [-0.4, -0.2) is 24.0 Å². The lowest BCUT2D eigenvalue weighted by atomic mass is 10.2. The second-order valence-corrected chi connectivity index (χ2v) is 4.67. The van der Waals surface area contributed by atoms with E-state index in [1.165, 1.54) is 32.2 Å². The van der Waals surface area contributed by atoms with Crippen LogP contribution in [0.15, 0.2) is 48.5 Å². The van der Waals surface area contributed by atoms with Crippen molar-refractivity contribution in [3.8, 4) is 11.5 Å². The van der Waals surface area contributed by atoms with E-state index in [9.17, 15) is 14.9 Å². The Morgan fingerprint density at radius 1 is 1.13 bits per heavy atom. The van der Waals surface area contributed by atoms with Crippen molar-refractivity contribution in [2.45, 2.75) is 13.0 Å². The van der Waals surface area contributed by atoms with Crippen LogP contribution in [0.3, 0.4) is 0 Å². The van der Waals surface area contributed by atoms with E-state index in [0.29, 0.717) is 11.4 Å². The number of benzene rings is 2. The summed E-state index contributed by atoms with van der Waals surface area (Å²) >= 11 is 0. The fourth-order valence-corrected chi connectivity index (χ4v) is 1.93. The molecule has 0 radical (unpaired) electrons. The third kappa shape index (κ3) is 3.97. The number of hydrogen-bond donors (Lipinski definition) is 1. The number of nitro benzene ring substituents is 1. The molecule has 1 N–H and O–H groups in total. The van der Waals surface area contributed by atoms with Gasteiger partial charge in [-0.25, -0.2) is 0 Å². The maximum absolute atomic E-state index is 12.2. The molecular weight excluding hydrogens is 300 g/mol. The number of rotatable bonds is 6. The molecule has 2 aromatic rings. The van der Waals surface area contributed by atoms with E-state index in [0.717, 1.165) is 0 Å². The molecule has 0 unspecified atom stereocenters. The highest BCUT2D eigenvalue weighted by molar-refractivity contribution is 5.95. The Morgan fingerprint density at radius 2 is 1.74 bits per heavy atom. The Bertz CT molecular complexity index is 717. The monoisotopic (exact) mass is 316 g/mol. The summed E-state index contributed by atoms with van der Waals surface area (Å²) < 4.78 is 10.6. The number of nitrogens with zero attached hydrogens (tertiary/aromatic N) is 1. The molecule has 0 spiro atoms. The van der Waals surface area contributed by atoms with E-state index in [2.05, 4.69) is 5.32 Å². The van der Waals surface area contributed by atoms with Gasteiger partial charge in [-0.3, -0.25) is 14.9 Å². The van der Waals surface area contributed by atoms with E-state index >= 15 is 0 Å². The summed E-state index contributed by atoms with van der Waals surface area (Å²) in [7, 11) is 1.50. The lowest BCUT2D eigenvalue weighted by molar-refractivity contribution is -0.386. The van der Waals surface area contributed by atoms with Gasteiger partial charge in [-0.2, -0.15) is 0 Å². The van der Waals surface area contributed by atoms with Crippen LogP contribution in [0.1, 0.15) is 6.92 Å². The van der Waals surface area contributed by atoms with Crippen molar-refractivity contribution in [2.75, 3.05) is 12.4 Å². The largest absolute Gasteiger partial charge is 0.495 e. The topological polar surface area (TPSA) is 90.7 Å². The fourth-order valence-electron chi connectivity index (χ4n) is 1.93. The van der Waals surface area contributed by atoms with Crippen LogP contribution in [0.4, 0.5) is 11.4 Å². The lowest BCUT2D eigenvalue weighted by Gasteiger charge is -2.16. The number of nitrogens with one attached hydrogen (secondary N) is 1. The first-order valence-corrected chi connectivity index (χ1v) is 6.87. The van der Waals surface area contributed by atoms with Gasteiger partial charge in [0.15, 0.2) is 11.9 Å². The predicted molar refractivity (Wildman–Crippen MR) is 84.8 cm³/mol. The number of amides is 1. The maximum atomic E-state index is 12.2. The number of carbonyl (C=O) groups is 1. The van der Waals surface area contributed by atoms with Crippen molar-refractivity contribution < 1.29 is 19.2 Å². The summed E-state index contributed by atoms with van der Waals surface area (Å²) in [5, 5.41) is 13.6. The molecule has 7 nitrogen and oxygen atoms in total. The highest BCUT2D eigenvalue weighted by atomic mass is 16.6. The van der Waals surface area contributed by atoms with Crippen LogP contribution >= 0.6 is 0 Å². The Labute approximate surface area is 133 Å². The number of carbonyl (C=O) groups excluding carboxylic acids is 1. The summed E-state index contributed by atoms with van der Waals surface area (Å²) in [5.41, 5.74) is 0.308. The SMILES string of the molecule is COc1ccccc1NC(=O)[C@@H](C)Oc1ccccc1[N+](=O)[O-]. The van der Waals surface area contributed by atoms with Crippen molar-refractivity contribution in [1.29, 1.82) is 0 Å². The van der Waals surface area contributed by atoms with Crippen LogP contribution in [0.2, 0.25) is 0 Å². The average Bonchev–Trinajstić information content (AvgIpc) is 2.55. The van der Waals surface area contributed by atoms with Gasteiger partial charge in [0.25, 0.3) is 5.91 Å². The molecule has 7 heteroatoms. The first-order valence-electron chi connectivity index (χ1n) is 6.87. The molecule has 0 heterocycles. The van der Waals surface area contributed by atoms with Crippen LogP contribution in [0, 0.1) is 10.1 Å². The van der Waals surface area contributed by atoms with E-state index in [4.69, 9.17) is 9.47 Å². The zero-order chi connectivity index (χ0) is 16.8. The number of methoxy groups -OCH3 is 1. The van der Waals surface area contributed by atoms with Crippen LogP contribution < -0.4 is 14.8 Å². The average molecular weight is 316 g/mol. The second kappa shape index (κ2) is 7.26. The zero-order valence-corrected chi connectivity index (χ0v) is 12.7. The summed E-state index contributed by atoms with van der Waals surface area (Å²) in [6.45, 7) is 1.52. The van der Waals surface area contributed by atoms with Gasteiger partial charge in [-0.15, -0.1) is 0 Å². The smallest absolute Gasteiger partial charge is 0.310 e. The maximum Gasteiger partial charge on any atom is 0.310 e. The van der Waals surface area contributed by atoms with E-state index in [1.807, 2.05) is 0 Å². The molecule has 2 aromatic carbocycles. The van der Waals surface area contributed by atoms with Crippen molar-refractivity contribution in [1.82, 2.24) is 0 Å². The number of ether oxygens (including phenoxy) is 2. The van der Waals surface area contributed by atoms with Crippen LogP contribution in [-0.2, 0) is 4.79 Å². The quantitative estimate of drug-likeness (QED) is 0.653. The molecule has 0 aliphatic heterocycles. The van der Waals surface area contributed by atoms with Crippen molar-refractivity contribution in [3.05, 3.63) is 58.6 Å². The summed E-state index contributed by atoms with van der Waals surface area (Å²) in [4.78, 5) is 22.6. The molecule has 120 valence electrons. The third-order valence-corrected chi connectivity index (χ3v) is 3.10. The standard InChI is InChI=1S/C16H16N2O5/c1-11(23-15-10-6-4-8-13(15)18(20)21)16(19)17-12-7-3-5-9-14(12)22-2/h3-11H,1-2H3,(H,17,19)/t11-/m1/s1. The molecule has 0 aliphatic carbocycles. The number of nitro groups is 1. The first-order chi connectivity index (χ1) is 11.0. The first kappa shape index (κ1) is 16.3. The number of hydrogen-bond acceptors (Lipinski definition) is 5. The molecule has 0 aromatic heterocycles. The fraction of sp³-hybridized carbons (Fsp3) is 0.188. The summed E-state index contributed by atoms with van der Waals surface area (Å²) in [6.07, 6.45) is -0.916. The highest BCUT2D eigenvalue weighted by Crippen LogP contribution is 2.27. The molecule has 0 aliphatic rings. The molecule has 0 fully saturated rings. The predicted octanol–water partition coefficient (Wildman–Crippen LogP) is 3.01. The van der Waals surface area contributed by atoms with Gasteiger partial charge >= 0.3 is 5.69 Å². The summed E-state index contributed by atoms with van der Waals surface area (Å²) in [5.74, 6) is 0.117. The highest BCUT2D eigenvalue weighted by Gasteiger charge is 2.21. The molecule has 1 atom stereocenters. The lowest BCUT2D eigenvalue weighted by Crippen LogP contribution is -2.30. The summed E-state index contributed by atoms with van der Waals surface area (Å²) in [6, 6.07) is 12.8. The Kier molecular flexibility index (Phi) is 5.14. The Hall–Kier alpha value is -3.09. The van der Waals surface area contributed by atoms with Gasteiger partial charge in [0.2, 0.25) is 0 Å². The molecule has 0 saturated heterocycles. The molecule has 1 amide bonds. The number of para-hydroxylation sites is 4. The van der Waals surface area contributed by atoms with Crippen LogP contribution in [0.25, 0.3) is 0 Å². The van der Waals surface area contributed by atoms with Gasteiger partial charge in [0, 0.05) is 6.07 Å². The molecule has 0 bridgehead atoms. The van der Waals surface area contributed by atoms with E-state index < -0.39 is 16.9 Å². The molecule has 2 rings (SSSR count). The normalized spacial score (nSPS) is 11.4. The van der Waals surface area contributed by atoms with Crippen molar-refractivity contribution in [2.24, 2.45) is 0 Å². The van der Waals surface area contributed by atoms with Crippen molar-refractivity contribution >= 4 is 17.3 Å². The third-order valence-electron chi connectivity index (χ3n) is 3.10. The number of anilines is 1. The van der Waals surface area contributed by atoms with Crippen LogP contribution in [0.5, 0.6) is 11.5 Å². The van der Waals surface area contributed by atoms with Crippen molar-refractivity contribution in [3.63, 3.8) is 0 Å². The second-order valence-electron chi connectivity index (χ2n) is 4.67. The van der Waals surface area contributed by atoms with E-state index in [-0.39, 0.29) is 11.4 Å². The van der Waals surface area contributed by atoms with E-state index in [1.54, 1.807) is 30.3 Å². The minimum absolute atomic E-state index is 0.0418. The molecule has 23 heavy (non-hydrogen) atoms.